The predicted molar refractivity (Wildman–Crippen MR) is 104 cm³/mol. The van der Waals surface area contributed by atoms with E-state index < -0.39 is 11.9 Å². The summed E-state index contributed by atoms with van der Waals surface area (Å²) in [7, 11) is 4.45. The fourth-order valence-corrected chi connectivity index (χ4v) is 2.88. The number of benzene rings is 2. The molecule has 0 aliphatic carbocycles. The molecule has 1 aliphatic rings. The number of aliphatic imine (C=N–C) groups is 1. The number of methoxy groups -OCH3 is 3. The zero-order valence-corrected chi connectivity index (χ0v) is 16.1. The fourth-order valence-electron chi connectivity index (χ4n) is 2.88. The summed E-state index contributed by atoms with van der Waals surface area (Å²) in [5.41, 5.74) is 1.68. The Morgan fingerprint density at radius 3 is 2.34 bits per heavy atom. The molecule has 0 radical (unpaired) electrons. The van der Waals surface area contributed by atoms with Gasteiger partial charge in [0, 0.05) is 5.56 Å². The number of hydrogen-bond donors (Lipinski definition) is 1. The Bertz CT molecular complexity index is 998. The van der Waals surface area contributed by atoms with E-state index in [-0.39, 0.29) is 18.0 Å². The van der Waals surface area contributed by atoms with Crippen molar-refractivity contribution in [3.8, 4) is 17.2 Å². The first-order valence-electron chi connectivity index (χ1n) is 8.59. The van der Waals surface area contributed by atoms with Crippen LogP contribution in [0.5, 0.6) is 17.2 Å². The van der Waals surface area contributed by atoms with Crippen LogP contribution in [-0.4, -0.2) is 44.3 Å². The molecule has 0 spiro atoms. The van der Waals surface area contributed by atoms with Crippen LogP contribution in [0.3, 0.4) is 0 Å². The molecule has 150 valence electrons. The highest BCUT2D eigenvalue weighted by molar-refractivity contribution is 6.13. The third-order valence-corrected chi connectivity index (χ3v) is 4.22. The Morgan fingerprint density at radius 2 is 1.76 bits per heavy atom. The van der Waals surface area contributed by atoms with Crippen molar-refractivity contribution in [2.24, 2.45) is 4.99 Å². The van der Waals surface area contributed by atoms with Gasteiger partial charge in [0.05, 0.1) is 27.8 Å². The van der Waals surface area contributed by atoms with Crippen LogP contribution < -0.4 is 14.2 Å². The first-order valence-corrected chi connectivity index (χ1v) is 8.59. The summed E-state index contributed by atoms with van der Waals surface area (Å²) in [6.07, 6.45) is 1.34. The second kappa shape index (κ2) is 8.47. The molecule has 0 fully saturated rings. The number of carboxylic acid groups (broad SMARTS) is 1. The molecule has 0 saturated carbocycles. The highest BCUT2D eigenvalue weighted by atomic mass is 16.6. The average Bonchev–Trinajstić information content (AvgIpc) is 3.08. The van der Waals surface area contributed by atoms with Crippen molar-refractivity contribution in [3.05, 3.63) is 58.8 Å². The zero-order valence-electron chi connectivity index (χ0n) is 16.1. The highest BCUT2D eigenvalue weighted by Crippen LogP contribution is 2.39. The smallest absolute Gasteiger partial charge is 0.363 e. The normalized spacial score (nSPS) is 14.4. The summed E-state index contributed by atoms with van der Waals surface area (Å²) in [6, 6.07) is 10.1. The van der Waals surface area contributed by atoms with E-state index in [1.165, 1.54) is 27.4 Å². The van der Waals surface area contributed by atoms with Crippen LogP contribution in [0.2, 0.25) is 0 Å². The van der Waals surface area contributed by atoms with E-state index in [2.05, 4.69) is 4.99 Å². The number of ether oxygens (including phenoxy) is 4. The van der Waals surface area contributed by atoms with E-state index in [1.54, 1.807) is 36.4 Å². The molecule has 0 aromatic heterocycles. The number of hydrogen-bond acceptors (Lipinski definition) is 7. The van der Waals surface area contributed by atoms with Gasteiger partial charge in [0.2, 0.25) is 11.6 Å². The predicted octanol–water partition coefficient (Wildman–Crippen LogP) is 2.68. The third-order valence-electron chi connectivity index (χ3n) is 4.22. The summed E-state index contributed by atoms with van der Waals surface area (Å²) in [6.45, 7) is 0. The lowest BCUT2D eigenvalue weighted by Crippen LogP contribution is -2.07. The van der Waals surface area contributed by atoms with Gasteiger partial charge in [-0.1, -0.05) is 24.3 Å². The minimum atomic E-state index is -0.966. The van der Waals surface area contributed by atoms with Gasteiger partial charge in [-0.15, -0.1) is 0 Å². The van der Waals surface area contributed by atoms with Gasteiger partial charge >= 0.3 is 11.9 Å². The zero-order chi connectivity index (χ0) is 21.0. The van der Waals surface area contributed by atoms with E-state index in [9.17, 15) is 9.59 Å². The highest BCUT2D eigenvalue weighted by Gasteiger charge is 2.26. The van der Waals surface area contributed by atoms with Crippen molar-refractivity contribution >= 4 is 23.9 Å². The Balaban J connectivity index is 2.01. The molecule has 8 heteroatoms. The fraction of sp³-hybridized carbons (Fsp3) is 0.190. The van der Waals surface area contributed by atoms with Crippen molar-refractivity contribution in [1.29, 1.82) is 0 Å². The summed E-state index contributed by atoms with van der Waals surface area (Å²) in [4.78, 5) is 27.6. The minimum absolute atomic E-state index is 0.0617. The van der Waals surface area contributed by atoms with Gasteiger partial charge in [-0.25, -0.2) is 9.79 Å². The number of carbonyl (C=O) groups is 2. The van der Waals surface area contributed by atoms with Gasteiger partial charge < -0.3 is 24.1 Å². The van der Waals surface area contributed by atoms with E-state index in [1.807, 2.05) is 0 Å². The number of rotatable bonds is 7. The van der Waals surface area contributed by atoms with Gasteiger partial charge in [-0.2, -0.15) is 0 Å². The molecule has 8 nitrogen and oxygen atoms in total. The molecule has 1 N–H and O–H groups in total. The molecular weight excluding hydrogens is 378 g/mol. The van der Waals surface area contributed by atoms with Crippen LogP contribution in [0.4, 0.5) is 0 Å². The lowest BCUT2D eigenvalue weighted by Gasteiger charge is -2.13. The molecule has 0 unspecified atom stereocenters. The van der Waals surface area contributed by atoms with Gasteiger partial charge in [0.25, 0.3) is 0 Å². The van der Waals surface area contributed by atoms with Gasteiger partial charge in [-0.05, 0) is 29.3 Å². The molecule has 3 rings (SSSR count). The van der Waals surface area contributed by atoms with Gasteiger partial charge in [-0.3, -0.25) is 4.79 Å². The SMILES string of the molecule is COc1cc(C2=N/C(=C/c3ccccc3CC(=O)O)C(=O)O2)cc(OC)c1OC. The minimum Gasteiger partial charge on any atom is -0.493 e. The topological polar surface area (TPSA) is 104 Å². The second-order valence-corrected chi connectivity index (χ2v) is 6.02. The van der Waals surface area contributed by atoms with Crippen molar-refractivity contribution < 1.29 is 33.6 Å². The second-order valence-electron chi connectivity index (χ2n) is 6.02. The van der Waals surface area contributed by atoms with Gasteiger partial charge in [0.15, 0.2) is 17.2 Å². The summed E-state index contributed by atoms with van der Waals surface area (Å²) in [5, 5.41) is 9.06. The molecule has 29 heavy (non-hydrogen) atoms. The average molecular weight is 397 g/mol. The molecule has 0 saturated heterocycles. The van der Waals surface area contributed by atoms with Crippen molar-refractivity contribution in [1.82, 2.24) is 0 Å². The maximum Gasteiger partial charge on any atom is 0.363 e. The Morgan fingerprint density at radius 1 is 1.10 bits per heavy atom. The molecule has 1 heterocycles. The summed E-state index contributed by atoms with van der Waals surface area (Å²) in [5.74, 6) is -0.335. The number of carbonyl (C=O) groups excluding carboxylic acids is 1. The van der Waals surface area contributed by atoms with E-state index in [0.717, 1.165) is 0 Å². The van der Waals surface area contributed by atoms with Crippen molar-refractivity contribution in [2.45, 2.75) is 6.42 Å². The maximum atomic E-state index is 12.3. The largest absolute Gasteiger partial charge is 0.493 e. The van der Waals surface area contributed by atoms with Crippen molar-refractivity contribution in [3.63, 3.8) is 0 Å². The quantitative estimate of drug-likeness (QED) is 0.566. The number of carboxylic acids is 1. The third kappa shape index (κ3) is 4.21. The molecule has 1 aliphatic heterocycles. The Labute approximate surface area is 167 Å². The summed E-state index contributed by atoms with van der Waals surface area (Å²) >= 11 is 0. The lowest BCUT2D eigenvalue weighted by atomic mass is 10.0. The molecule has 0 bridgehead atoms. The van der Waals surface area contributed by atoms with Crippen LogP contribution in [-0.2, 0) is 20.7 Å². The Hall–Kier alpha value is -3.81. The van der Waals surface area contributed by atoms with Gasteiger partial charge in [0.1, 0.15) is 0 Å². The molecule has 0 atom stereocenters. The monoisotopic (exact) mass is 397 g/mol. The number of esters is 1. The molecule has 2 aromatic rings. The maximum absolute atomic E-state index is 12.3. The van der Waals surface area contributed by atoms with Crippen LogP contribution in [0.1, 0.15) is 16.7 Å². The standard InChI is InChI=1S/C21H19NO7/c1-26-16-9-14(10-17(27-2)19(16)28-3)20-22-15(21(25)29-20)8-12-6-4-5-7-13(12)11-18(23)24/h4-10H,11H2,1-3H3,(H,23,24)/b15-8+. The van der Waals surface area contributed by atoms with Crippen LogP contribution in [0.25, 0.3) is 6.08 Å². The van der Waals surface area contributed by atoms with E-state index in [0.29, 0.717) is 33.9 Å². The lowest BCUT2D eigenvalue weighted by molar-refractivity contribution is -0.136. The van der Waals surface area contributed by atoms with Crippen LogP contribution in [0.15, 0.2) is 47.1 Å². The van der Waals surface area contributed by atoms with Crippen LogP contribution >= 0.6 is 0 Å². The number of nitrogens with zero attached hydrogens (tertiary/aromatic N) is 1. The van der Waals surface area contributed by atoms with Crippen molar-refractivity contribution in [2.75, 3.05) is 21.3 Å². The summed E-state index contributed by atoms with van der Waals surface area (Å²) < 4.78 is 21.2. The Kier molecular flexibility index (Phi) is 5.82. The first kappa shape index (κ1) is 19.9. The number of cyclic esters (lactones) is 1. The van der Waals surface area contributed by atoms with E-state index in [4.69, 9.17) is 24.1 Å². The molecular formula is C21H19NO7. The van der Waals surface area contributed by atoms with Crippen LogP contribution in [0, 0.1) is 0 Å². The van der Waals surface area contributed by atoms with E-state index >= 15 is 0 Å². The number of aliphatic carboxylic acids is 1. The first-order chi connectivity index (χ1) is 14.0. The molecule has 0 amide bonds. The molecule has 2 aromatic carbocycles.